The van der Waals surface area contributed by atoms with Crippen LogP contribution < -0.4 is 10.6 Å². The highest BCUT2D eigenvalue weighted by Gasteiger charge is 2.14. The van der Waals surface area contributed by atoms with Gasteiger partial charge in [0.05, 0.1) is 17.0 Å². The van der Waals surface area contributed by atoms with Crippen LogP contribution in [0.5, 0.6) is 0 Å². The molecule has 3 rings (SSSR count). The molecular formula is C20H25ClN6OS. The van der Waals surface area contributed by atoms with Crippen molar-refractivity contribution < 1.29 is 4.79 Å². The highest BCUT2D eigenvalue weighted by atomic mass is 35.5. The number of tetrazole rings is 1. The largest absolute Gasteiger partial charge is 0.350 e. The van der Waals surface area contributed by atoms with Crippen LogP contribution >= 0.6 is 24.2 Å². The molecule has 29 heavy (non-hydrogen) atoms. The van der Waals surface area contributed by atoms with E-state index >= 15 is 0 Å². The molecule has 0 bridgehead atoms. The van der Waals surface area contributed by atoms with Crippen LogP contribution in [-0.2, 0) is 5.75 Å². The minimum Gasteiger partial charge on any atom is -0.350 e. The number of nitrogens with one attached hydrogen (secondary N) is 2. The molecule has 9 heteroatoms. The Labute approximate surface area is 181 Å². The summed E-state index contributed by atoms with van der Waals surface area (Å²) in [6, 6.07) is 17.6. The summed E-state index contributed by atoms with van der Waals surface area (Å²) >= 11 is 1.55. The van der Waals surface area contributed by atoms with Crippen molar-refractivity contribution in [3.05, 3.63) is 66.0 Å². The molecule has 0 saturated carbocycles. The summed E-state index contributed by atoms with van der Waals surface area (Å²) < 4.78 is 1.72. The summed E-state index contributed by atoms with van der Waals surface area (Å²) in [5.74, 6) is 1.21. The van der Waals surface area contributed by atoms with Crippen molar-refractivity contribution in [3.63, 3.8) is 0 Å². The normalized spacial score (nSPS) is 11.5. The van der Waals surface area contributed by atoms with E-state index < -0.39 is 0 Å². The van der Waals surface area contributed by atoms with Gasteiger partial charge in [-0.05, 0) is 48.2 Å². The highest BCUT2D eigenvalue weighted by molar-refractivity contribution is 7.98. The Morgan fingerprint density at radius 2 is 1.86 bits per heavy atom. The molecule has 0 aliphatic heterocycles. The van der Waals surface area contributed by atoms with E-state index in [0.717, 1.165) is 23.0 Å². The Balaban J connectivity index is 0.00000300. The molecule has 0 radical (unpaired) electrons. The van der Waals surface area contributed by atoms with E-state index in [1.54, 1.807) is 16.4 Å². The van der Waals surface area contributed by atoms with Crippen molar-refractivity contribution in [3.8, 4) is 5.69 Å². The molecule has 0 spiro atoms. The summed E-state index contributed by atoms with van der Waals surface area (Å²) in [4.78, 5) is 13.5. The predicted molar refractivity (Wildman–Crippen MR) is 118 cm³/mol. The second-order valence-electron chi connectivity index (χ2n) is 6.30. The lowest BCUT2D eigenvalue weighted by Gasteiger charge is -2.14. The molecule has 2 N–H and O–H groups in total. The fourth-order valence-corrected chi connectivity index (χ4v) is 3.71. The average molecular weight is 433 g/mol. The zero-order valence-corrected chi connectivity index (χ0v) is 18.0. The first-order valence-electron chi connectivity index (χ1n) is 9.25. The average Bonchev–Trinajstić information content (AvgIpc) is 3.20. The molecule has 154 valence electrons. The number of likely N-dealkylation sites (N-methyl/N-ethyl adjacent to an activating group) is 1. The molecule has 0 fully saturated rings. The third kappa shape index (κ3) is 6.28. The Kier molecular flexibility index (Phi) is 9.11. The van der Waals surface area contributed by atoms with E-state index in [-0.39, 0.29) is 24.4 Å². The van der Waals surface area contributed by atoms with Gasteiger partial charge in [-0.2, -0.15) is 4.68 Å². The first kappa shape index (κ1) is 22.9. The van der Waals surface area contributed by atoms with Crippen LogP contribution in [0.4, 0.5) is 0 Å². The molecule has 0 aliphatic carbocycles. The van der Waals surface area contributed by atoms with Crippen LogP contribution in [-0.4, -0.2) is 45.2 Å². The van der Waals surface area contributed by atoms with Gasteiger partial charge in [0, 0.05) is 17.5 Å². The van der Waals surface area contributed by atoms with E-state index in [9.17, 15) is 4.79 Å². The van der Waals surface area contributed by atoms with Crippen LogP contribution in [0.1, 0.15) is 30.0 Å². The smallest absolute Gasteiger partial charge is 0.252 e. The summed E-state index contributed by atoms with van der Waals surface area (Å²) in [5, 5.41) is 18.3. The number of carbonyl (C=O) groups is 1. The number of thioether (sulfide) groups is 1. The first-order chi connectivity index (χ1) is 13.7. The van der Waals surface area contributed by atoms with E-state index in [1.165, 1.54) is 0 Å². The number of halogens is 1. The fourth-order valence-electron chi connectivity index (χ4n) is 2.75. The molecule has 2 aromatic carbocycles. The summed E-state index contributed by atoms with van der Waals surface area (Å²) in [5.41, 5.74) is 1.57. The quantitative estimate of drug-likeness (QED) is 0.505. The van der Waals surface area contributed by atoms with Crippen molar-refractivity contribution in [2.75, 3.05) is 13.1 Å². The topological polar surface area (TPSA) is 84.7 Å². The Morgan fingerprint density at radius 3 is 2.62 bits per heavy atom. The predicted octanol–water partition coefficient (Wildman–Crippen LogP) is 3.10. The number of benzene rings is 2. The number of carbonyl (C=O) groups excluding carboxylic acids is 1. The van der Waals surface area contributed by atoms with Gasteiger partial charge in [0.25, 0.3) is 5.91 Å². The summed E-state index contributed by atoms with van der Waals surface area (Å²) in [7, 11) is 0. The van der Waals surface area contributed by atoms with Crippen LogP contribution in [0.25, 0.3) is 5.69 Å². The van der Waals surface area contributed by atoms with Crippen LogP contribution in [0.15, 0.2) is 59.5 Å². The molecule has 3 aromatic rings. The molecule has 0 unspecified atom stereocenters. The lowest BCUT2D eigenvalue weighted by molar-refractivity contribution is 0.0947. The van der Waals surface area contributed by atoms with Crippen molar-refractivity contribution in [2.24, 2.45) is 0 Å². The Hall–Kier alpha value is -2.42. The number of rotatable bonds is 9. The third-order valence-electron chi connectivity index (χ3n) is 4.14. The molecule has 7 nitrogen and oxygen atoms in total. The maximum atomic E-state index is 12.6. The van der Waals surface area contributed by atoms with Crippen molar-refractivity contribution in [2.45, 2.75) is 30.5 Å². The molecule has 0 aliphatic rings. The third-order valence-corrected chi connectivity index (χ3v) is 5.21. The second-order valence-corrected chi connectivity index (χ2v) is 7.31. The number of hydrogen-bond acceptors (Lipinski definition) is 6. The van der Waals surface area contributed by atoms with Gasteiger partial charge < -0.3 is 10.6 Å². The maximum Gasteiger partial charge on any atom is 0.252 e. The minimum absolute atomic E-state index is 0. The first-order valence-corrected chi connectivity index (χ1v) is 10.2. The summed E-state index contributed by atoms with van der Waals surface area (Å²) in [6.07, 6.45) is 0. The standard InChI is InChI=1S/C20H24N6OS.ClH/c1-3-21-15(2)13-22-20(27)17-11-7-8-12-18(17)28-14-19-23-24-25-26(19)16-9-5-4-6-10-16;/h4-12,15,21H,3,13-14H2,1-2H3,(H,22,27);1H/t15-;/m1./s1. The monoisotopic (exact) mass is 432 g/mol. The van der Waals surface area contributed by atoms with Gasteiger partial charge in [-0.3, -0.25) is 4.79 Å². The maximum absolute atomic E-state index is 12.6. The van der Waals surface area contributed by atoms with Crippen molar-refractivity contribution in [1.29, 1.82) is 0 Å². The fraction of sp³-hybridized carbons (Fsp3) is 0.300. The number of aromatic nitrogens is 4. The van der Waals surface area contributed by atoms with Crippen LogP contribution in [0, 0.1) is 0 Å². The molecule has 1 aromatic heterocycles. The van der Waals surface area contributed by atoms with Crippen molar-refractivity contribution >= 4 is 30.1 Å². The van der Waals surface area contributed by atoms with Gasteiger partial charge in [0.1, 0.15) is 0 Å². The Bertz CT molecular complexity index is 905. The second kappa shape index (κ2) is 11.5. The van der Waals surface area contributed by atoms with Gasteiger partial charge in [0.2, 0.25) is 0 Å². The number of nitrogens with zero attached hydrogens (tertiary/aromatic N) is 4. The number of para-hydroxylation sites is 1. The molecule has 1 amide bonds. The minimum atomic E-state index is -0.0736. The zero-order chi connectivity index (χ0) is 19.8. The van der Waals surface area contributed by atoms with Gasteiger partial charge >= 0.3 is 0 Å². The van der Waals surface area contributed by atoms with E-state index in [2.05, 4.69) is 26.2 Å². The van der Waals surface area contributed by atoms with Gasteiger partial charge in [-0.25, -0.2) is 0 Å². The zero-order valence-electron chi connectivity index (χ0n) is 16.4. The van der Waals surface area contributed by atoms with Gasteiger partial charge in [-0.1, -0.05) is 37.3 Å². The highest BCUT2D eigenvalue weighted by Crippen LogP contribution is 2.26. The molecule has 1 heterocycles. The number of amides is 1. The molecule has 0 saturated heterocycles. The number of hydrogen-bond donors (Lipinski definition) is 2. The van der Waals surface area contributed by atoms with Crippen LogP contribution in [0.2, 0.25) is 0 Å². The van der Waals surface area contributed by atoms with E-state index in [4.69, 9.17) is 0 Å². The van der Waals surface area contributed by atoms with Crippen LogP contribution in [0.3, 0.4) is 0 Å². The van der Waals surface area contributed by atoms with Crippen molar-refractivity contribution in [1.82, 2.24) is 30.8 Å². The Morgan fingerprint density at radius 1 is 1.14 bits per heavy atom. The molecular weight excluding hydrogens is 408 g/mol. The van der Waals surface area contributed by atoms with Gasteiger partial charge in [0.15, 0.2) is 5.82 Å². The lowest BCUT2D eigenvalue weighted by atomic mass is 10.2. The lowest BCUT2D eigenvalue weighted by Crippen LogP contribution is -2.38. The molecule has 1 atom stereocenters. The van der Waals surface area contributed by atoms with E-state index in [0.29, 0.717) is 17.9 Å². The summed E-state index contributed by atoms with van der Waals surface area (Å²) in [6.45, 7) is 5.55. The van der Waals surface area contributed by atoms with E-state index in [1.807, 2.05) is 68.4 Å². The van der Waals surface area contributed by atoms with Gasteiger partial charge in [-0.15, -0.1) is 29.3 Å². The SMILES string of the molecule is CCN[C@H](C)CNC(=O)c1ccccc1SCc1nnnn1-c1ccccc1.Cl.